The van der Waals surface area contributed by atoms with E-state index in [0.717, 1.165) is 51.4 Å². The lowest BCUT2D eigenvalue weighted by Crippen LogP contribution is -2.44. The Bertz CT molecular complexity index is 1150. The lowest BCUT2D eigenvalue weighted by Gasteiger charge is -2.26. The molecule has 2 unspecified atom stereocenters. The summed E-state index contributed by atoms with van der Waals surface area (Å²) in [4.78, 5) is 36.8. The van der Waals surface area contributed by atoms with E-state index < -0.39 is 24.3 Å². The van der Waals surface area contributed by atoms with Crippen LogP contribution in [0.15, 0.2) is 36.5 Å². The van der Waals surface area contributed by atoms with Crippen molar-refractivity contribution in [1.29, 1.82) is 0 Å². The molecule has 0 aromatic carbocycles. The molecule has 2 atom stereocenters. The molecule has 64 heavy (non-hydrogen) atoms. The van der Waals surface area contributed by atoms with Crippen LogP contribution in [0.4, 0.5) is 0 Å². The van der Waals surface area contributed by atoms with Gasteiger partial charge in [0.15, 0.2) is 12.4 Å². The van der Waals surface area contributed by atoms with Crippen molar-refractivity contribution in [2.45, 2.75) is 251 Å². The van der Waals surface area contributed by atoms with Crippen LogP contribution < -0.4 is 5.11 Å². The van der Waals surface area contributed by atoms with E-state index >= 15 is 0 Å². The van der Waals surface area contributed by atoms with Crippen LogP contribution in [0.2, 0.25) is 0 Å². The van der Waals surface area contributed by atoms with Gasteiger partial charge in [0.1, 0.15) is 13.2 Å². The van der Waals surface area contributed by atoms with Gasteiger partial charge in [0, 0.05) is 12.8 Å². The number of rotatable bonds is 49. The highest BCUT2D eigenvalue weighted by atomic mass is 16.7. The van der Waals surface area contributed by atoms with Gasteiger partial charge >= 0.3 is 11.9 Å². The molecule has 0 rings (SSSR count). The number of carbonyl (C=O) groups excluding carboxylic acids is 3. The number of esters is 2. The second kappa shape index (κ2) is 47.0. The molecular formula is C55H101NO8. The maximum atomic E-state index is 12.7. The number of carboxylic acid groups (broad SMARTS) is 1. The second-order valence-electron chi connectivity index (χ2n) is 19.2. The van der Waals surface area contributed by atoms with Gasteiger partial charge < -0.3 is 33.3 Å². The first-order valence-electron chi connectivity index (χ1n) is 26.6. The number of hydrogen-bond acceptors (Lipinski definition) is 8. The first kappa shape index (κ1) is 61.5. The Morgan fingerprint density at radius 1 is 0.469 bits per heavy atom. The third kappa shape index (κ3) is 47.5. The minimum absolute atomic E-state index is 0.149. The second-order valence-corrected chi connectivity index (χ2v) is 19.2. The van der Waals surface area contributed by atoms with Gasteiger partial charge in [0.2, 0.25) is 0 Å². The fourth-order valence-electron chi connectivity index (χ4n) is 7.48. The van der Waals surface area contributed by atoms with E-state index in [2.05, 4.69) is 50.3 Å². The normalized spacial score (nSPS) is 13.1. The smallest absolute Gasteiger partial charge is 0.306 e. The highest BCUT2D eigenvalue weighted by Gasteiger charge is 2.22. The van der Waals surface area contributed by atoms with Crippen LogP contribution in [0.5, 0.6) is 0 Å². The quantitative estimate of drug-likeness (QED) is 0.0195. The average molecular weight is 904 g/mol. The molecule has 0 saturated heterocycles. The number of unbranched alkanes of at least 4 members (excludes halogenated alkanes) is 28. The maximum absolute atomic E-state index is 12.7. The SMILES string of the molecule is CCCCCCC/C=C\C/C=C\C/C=C\CCCCCCCCCCCCCCCCCCCCC(=O)OC(COC(=O)CCCCCCCC)COC(OCC[N+](C)(C)C)C(=O)[O-]. The van der Waals surface area contributed by atoms with Crippen LogP contribution in [-0.2, 0) is 33.3 Å². The predicted octanol–water partition coefficient (Wildman–Crippen LogP) is 13.6. The molecule has 0 bridgehead atoms. The zero-order valence-corrected chi connectivity index (χ0v) is 42.4. The summed E-state index contributed by atoms with van der Waals surface area (Å²) in [6, 6.07) is 0. The molecule has 0 fully saturated rings. The van der Waals surface area contributed by atoms with E-state index in [4.69, 9.17) is 18.9 Å². The molecular weight excluding hydrogens is 803 g/mol. The minimum atomic E-state index is -1.61. The fraction of sp³-hybridized carbons (Fsp3) is 0.836. The molecule has 9 nitrogen and oxygen atoms in total. The Hall–Kier alpha value is -2.49. The Balaban J connectivity index is 3.94. The third-order valence-corrected chi connectivity index (χ3v) is 11.6. The number of carboxylic acids is 1. The lowest BCUT2D eigenvalue weighted by atomic mass is 10.0. The van der Waals surface area contributed by atoms with E-state index in [1.807, 2.05) is 21.1 Å². The third-order valence-electron chi connectivity index (χ3n) is 11.6. The summed E-state index contributed by atoms with van der Waals surface area (Å²) >= 11 is 0. The van der Waals surface area contributed by atoms with Crippen molar-refractivity contribution < 1.29 is 42.9 Å². The molecule has 0 aromatic rings. The van der Waals surface area contributed by atoms with Gasteiger partial charge in [0.25, 0.3) is 0 Å². The van der Waals surface area contributed by atoms with E-state index in [-0.39, 0.29) is 32.2 Å². The standard InChI is InChI=1S/C55H101NO8/c1-6-8-10-12-14-15-16-17-18-19-20-21-22-23-24-25-26-27-28-29-30-31-32-33-34-35-36-37-38-39-40-42-44-46-53(58)64-51(49-62-52(57)45-43-41-13-11-9-7-2)50-63-55(54(59)60)61-48-47-56(3,4)5/h16-17,19-20,22-23,51,55H,6-15,18,21,24-50H2,1-5H3/b17-16-,20-19-,23-22-. The van der Waals surface area contributed by atoms with Crippen LogP contribution in [0.1, 0.15) is 239 Å². The highest BCUT2D eigenvalue weighted by Crippen LogP contribution is 2.16. The minimum Gasteiger partial charge on any atom is -0.545 e. The van der Waals surface area contributed by atoms with Crippen molar-refractivity contribution in [3.8, 4) is 0 Å². The first-order valence-corrected chi connectivity index (χ1v) is 26.6. The van der Waals surface area contributed by atoms with Gasteiger partial charge in [0.05, 0.1) is 40.3 Å². The summed E-state index contributed by atoms with van der Waals surface area (Å²) < 4.78 is 22.5. The summed E-state index contributed by atoms with van der Waals surface area (Å²) in [6.07, 6.45) is 52.4. The molecule has 0 amide bonds. The van der Waals surface area contributed by atoms with Gasteiger partial charge in [-0.15, -0.1) is 0 Å². The Morgan fingerprint density at radius 3 is 1.25 bits per heavy atom. The van der Waals surface area contributed by atoms with E-state index in [9.17, 15) is 19.5 Å². The van der Waals surface area contributed by atoms with Gasteiger partial charge in [-0.1, -0.05) is 211 Å². The topological polar surface area (TPSA) is 111 Å². The van der Waals surface area contributed by atoms with Gasteiger partial charge in [-0.3, -0.25) is 9.59 Å². The number of aliphatic carboxylic acids is 1. The number of likely N-dealkylation sites (N-methyl/N-ethyl adjacent to an activating group) is 1. The molecule has 0 radical (unpaired) electrons. The zero-order valence-electron chi connectivity index (χ0n) is 42.4. The summed E-state index contributed by atoms with van der Waals surface area (Å²) in [5.41, 5.74) is 0. The van der Waals surface area contributed by atoms with Gasteiger partial charge in [-0.05, 0) is 51.4 Å². The van der Waals surface area contributed by atoms with E-state index in [0.29, 0.717) is 23.9 Å². The van der Waals surface area contributed by atoms with Crippen molar-refractivity contribution >= 4 is 17.9 Å². The molecule has 0 aliphatic carbocycles. The van der Waals surface area contributed by atoms with Crippen molar-refractivity contribution in [2.24, 2.45) is 0 Å². The van der Waals surface area contributed by atoms with Gasteiger partial charge in [-0.2, -0.15) is 0 Å². The zero-order chi connectivity index (χ0) is 47.0. The average Bonchev–Trinajstić information content (AvgIpc) is 3.26. The fourth-order valence-corrected chi connectivity index (χ4v) is 7.48. The molecule has 0 N–H and O–H groups in total. The largest absolute Gasteiger partial charge is 0.545 e. The first-order chi connectivity index (χ1) is 31.1. The Kier molecular flexibility index (Phi) is 45.2. The number of ether oxygens (including phenoxy) is 4. The molecule has 9 heteroatoms. The summed E-state index contributed by atoms with van der Waals surface area (Å²) in [5, 5.41) is 11.7. The molecule has 374 valence electrons. The number of carbonyl (C=O) groups is 3. The number of allylic oxidation sites excluding steroid dienone is 6. The number of hydrogen-bond donors (Lipinski definition) is 0. The van der Waals surface area contributed by atoms with Crippen LogP contribution >= 0.6 is 0 Å². The van der Waals surface area contributed by atoms with Gasteiger partial charge in [-0.25, -0.2) is 0 Å². The summed E-state index contributed by atoms with van der Waals surface area (Å²) in [7, 11) is 5.91. The predicted molar refractivity (Wildman–Crippen MR) is 265 cm³/mol. The van der Waals surface area contributed by atoms with Crippen molar-refractivity contribution in [3.63, 3.8) is 0 Å². The lowest BCUT2D eigenvalue weighted by molar-refractivity contribution is -0.870. The van der Waals surface area contributed by atoms with Crippen LogP contribution in [0, 0.1) is 0 Å². The van der Waals surface area contributed by atoms with E-state index in [1.165, 1.54) is 154 Å². The summed E-state index contributed by atoms with van der Waals surface area (Å²) in [5.74, 6) is -2.29. The van der Waals surface area contributed by atoms with Crippen LogP contribution in [-0.4, -0.2) is 82.3 Å². The molecule has 0 heterocycles. The van der Waals surface area contributed by atoms with Crippen LogP contribution in [0.25, 0.3) is 0 Å². The van der Waals surface area contributed by atoms with Crippen molar-refractivity contribution in [1.82, 2.24) is 0 Å². The molecule has 0 aromatic heterocycles. The molecule has 0 aliphatic rings. The number of quaternary nitrogens is 1. The molecule has 0 spiro atoms. The molecule has 0 saturated carbocycles. The van der Waals surface area contributed by atoms with Crippen LogP contribution in [0.3, 0.4) is 0 Å². The Labute approximate surface area is 394 Å². The van der Waals surface area contributed by atoms with Crippen molar-refractivity contribution in [2.75, 3.05) is 47.5 Å². The maximum Gasteiger partial charge on any atom is 0.306 e. The highest BCUT2D eigenvalue weighted by molar-refractivity contribution is 5.70. The monoisotopic (exact) mass is 904 g/mol. The van der Waals surface area contributed by atoms with E-state index in [1.54, 1.807) is 0 Å². The Morgan fingerprint density at radius 2 is 0.844 bits per heavy atom. The van der Waals surface area contributed by atoms with Crippen molar-refractivity contribution in [3.05, 3.63) is 36.5 Å². The summed E-state index contributed by atoms with van der Waals surface area (Å²) in [6.45, 7) is 4.67. The number of nitrogens with zero attached hydrogens (tertiary/aromatic N) is 1. The molecule has 0 aliphatic heterocycles.